The van der Waals surface area contributed by atoms with Crippen molar-refractivity contribution in [2.24, 2.45) is 0 Å². The van der Waals surface area contributed by atoms with Gasteiger partial charge in [0, 0.05) is 57.8 Å². The molecule has 1 aromatic rings. The lowest BCUT2D eigenvalue weighted by Gasteiger charge is -2.35. The molecule has 2 rings (SSSR count). The zero-order valence-corrected chi connectivity index (χ0v) is 13.4. The van der Waals surface area contributed by atoms with Gasteiger partial charge in [0.2, 0.25) is 5.95 Å². The Labute approximate surface area is 127 Å². The molecule has 1 fully saturated rings. The minimum Gasteiger partial charge on any atom is -0.383 e. The first-order chi connectivity index (χ1) is 10.2. The number of hydrogen-bond acceptors (Lipinski definition) is 6. The zero-order valence-electron chi connectivity index (χ0n) is 13.4. The van der Waals surface area contributed by atoms with Crippen LogP contribution in [0.3, 0.4) is 0 Å². The summed E-state index contributed by atoms with van der Waals surface area (Å²) in [4.78, 5) is 13.6. The van der Waals surface area contributed by atoms with Crippen molar-refractivity contribution in [3.05, 3.63) is 18.0 Å². The van der Waals surface area contributed by atoms with Crippen LogP contribution >= 0.6 is 0 Å². The van der Waals surface area contributed by atoms with E-state index in [4.69, 9.17) is 4.74 Å². The molecule has 118 valence electrons. The normalized spacial score (nSPS) is 19.7. The van der Waals surface area contributed by atoms with Gasteiger partial charge in [-0.25, -0.2) is 9.97 Å². The Balaban J connectivity index is 1.85. The van der Waals surface area contributed by atoms with Gasteiger partial charge in [0.05, 0.1) is 6.61 Å². The quantitative estimate of drug-likeness (QED) is 0.749. The predicted octanol–water partition coefficient (Wildman–Crippen LogP) is 0.743. The molecule has 1 N–H and O–H groups in total. The number of nitrogens with one attached hydrogen (secondary N) is 1. The Morgan fingerprint density at radius 3 is 2.86 bits per heavy atom. The fraction of sp³-hybridized carbons (Fsp3) is 0.733. The second kappa shape index (κ2) is 8.26. The molecule has 0 radical (unpaired) electrons. The van der Waals surface area contributed by atoms with E-state index >= 15 is 0 Å². The van der Waals surface area contributed by atoms with Gasteiger partial charge in [-0.05, 0) is 26.4 Å². The summed E-state index contributed by atoms with van der Waals surface area (Å²) in [7, 11) is 5.98. The molecule has 6 nitrogen and oxygen atoms in total. The van der Waals surface area contributed by atoms with Crippen LogP contribution < -0.4 is 10.2 Å². The number of hydrogen-bond donors (Lipinski definition) is 1. The maximum absolute atomic E-state index is 5.00. The van der Waals surface area contributed by atoms with Crippen LogP contribution in [0.4, 0.5) is 5.95 Å². The molecule has 0 amide bonds. The van der Waals surface area contributed by atoms with E-state index in [2.05, 4.69) is 39.2 Å². The number of ether oxygens (including phenoxy) is 1. The smallest absolute Gasteiger partial charge is 0.225 e. The Morgan fingerprint density at radius 2 is 2.19 bits per heavy atom. The first kappa shape index (κ1) is 16.1. The van der Waals surface area contributed by atoms with Gasteiger partial charge in [-0.3, -0.25) is 0 Å². The standard InChI is InChI=1S/C15H27N5O/c1-19-7-4-5-14(12-19)20(2)15-17-10-13(11-18-15)9-16-6-8-21-3/h10-11,14,16H,4-9,12H2,1-3H3. The summed E-state index contributed by atoms with van der Waals surface area (Å²) in [5, 5.41) is 3.30. The zero-order chi connectivity index (χ0) is 15.1. The number of anilines is 1. The van der Waals surface area contributed by atoms with Gasteiger partial charge < -0.3 is 19.9 Å². The number of rotatable bonds is 7. The molecule has 1 aromatic heterocycles. The van der Waals surface area contributed by atoms with E-state index in [1.807, 2.05) is 12.4 Å². The molecule has 1 unspecified atom stereocenters. The molecule has 1 aliphatic heterocycles. The Morgan fingerprint density at radius 1 is 1.43 bits per heavy atom. The van der Waals surface area contributed by atoms with Crippen molar-refractivity contribution >= 4 is 5.95 Å². The van der Waals surface area contributed by atoms with E-state index in [1.54, 1.807) is 7.11 Å². The van der Waals surface area contributed by atoms with E-state index in [0.29, 0.717) is 6.04 Å². The second-order valence-corrected chi connectivity index (χ2v) is 5.73. The molecule has 0 aromatic carbocycles. The SMILES string of the molecule is COCCNCc1cnc(N(C)C2CCCN(C)C2)nc1. The predicted molar refractivity (Wildman–Crippen MR) is 84.5 cm³/mol. The highest BCUT2D eigenvalue weighted by Gasteiger charge is 2.22. The molecule has 0 aliphatic carbocycles. The van der Waals surface area contributed by atoms with Crippen LogP contribution in [0.2, 0.25) is 0 Å². The van der Waals surface area contributed by atoms with Crippen molar-refractivity contribution in [2.45, 2.75) is 25.4 Å². The molecule has 0 spiro atoms. The topological polar surface area (TPSA) is 53.5 Å². The van der Waals surface area contributed by atoms with E-state index in [0.717, 1.165) is 37.8 Å². The van der Waals surface area contributed by atoms with Crippen LogP contribution in [0.1, 0.15) is 18.4 Å². The molecule has 21 heavy (non-hydrogen) atoms. The monoisotopic (exact) mass is 293 g/mol. The lowest BCUT2D eigenvalue weighted by atomic mass is 10.1. The third-order valence-electron chi connectivity index (χ3n) is 3.97. The van der Waals surface area contributed by atoms with Gasteiger partial charge in [0.25, 0.3) is 0 Å². The summed E-state index contributed by atoms with van der Waals surface area (Å²) in [6, 6.07) is 0.509. The molecular formula is C15H27N5O. The summed E-state index contributed by atoms with van der Waals surface area (Å²) in [5.41, 5.74) is 1.10. The molecule has 1 aliphatic rings. The van der Waals surface area contributed by atoms with Crippen LogP contribution in [-0.4, -0.2) is 68.4 Å². The average Bonchev–Trinajstić information content (AvgIpc) is 2.51. The summed E-state index contributed by atoms with van der Waals surface area (Å²) in [5.74, 6) is 0.816. The number of methoxy groups -OCH3 is 1. The highest BCUT2D eigenvalue weighted by atomic mass is 16.5. The van der Waals surface area contributed by atoms with E-state index in [9.17, 15) is 0 Å². The summed E-state index contributed by atoms with van der Waals surface area (Å²) in [6.07, 6.45) is 6.27. The number of aromatic nitrogens is 2. The van der Waals surface area contributed by atoms with Gasteiger partial charge in [0.1, 0.15) is 0 Å². The minimum absolute atomic E-state index is 0.509. The number of piperidine rings is 1. The molecule has 6 heteroatoms. The van der Waals surface area contributed by atoms with Crippen molar-refractivity contribution in [3.63, 3.8) is 0 Å². The highest BCUT2D eigenvalue weighted by Crippen LogP contribution is 2.17. The first-order valence-corrected chi connectivity index (χ1v) is 7.62. The third-order valence-corrected chi connectivity index (χ3v) is 3.97. The maximum Gasteiger partial charge on any atom is 0.225 e. The highest BCUT2D eigenvalue weighted by molar-refractivity contribution is 5.30. The molecule has 2 heterocycles. The average molecular weight is 293 g/mol. The van der Waals surface area contributed by atoms with Crippen LogP contribution in [0.15, 0.2) is 12.4 Å². The molecule has 0 bridgehead atoms. The fourth-order valence-corrected chi connectivity index (χ4v) is 2.65. The van der Waals surface area contributed by atoms with Crippen LogP contribution in [-0.2, 0) is 11.3 Å². The summed E-state index contributed by atoms with van der Waals surface area (Å²) in [6.45, 7) is 4.61. The van der Waals surface area contributed by atoms with Gasteiger partial charge in [-0.1, -0.05) is 0 Å². The third kappa shape index (κ3) is 4.91. The molecule has 1 saturated heterocycles. The van der Waals surface area contributed by atoms with Crippen LogP contribution in [0.25, 0.3) is 0 Å². The van der Waals surface area contributed by atoms with Crippen molar-refractivity contribution in [1.82, 2.24) is 20.2 Å². The van der Waals surface area contributed by atoms with Gasteiger partial charge in [-0.2, -0.15) is 0 Å². The summed E-state index contributed by atoms with van der Waals surface area (Å²) < 4.78 is 5.00. The Kier molecular flexibility index (Phi) is 6.35. The van der Waals surface area contributed by atoms with Crippen molar-refractivity contribution in [3.8, 4) is 0 Å². The first-order valence-electron chi connectivity index (χ1n) is 7.62. The largest absolute Gasteiger partial charge is 0.383 e. The number of likely N-dealkylation sites (tertiary alicyclic amines) is 1. The maximum atomic E-state index is 5.00. The Bertz CT molecular complexity index is 411. The molecule has 1 atom stereocenters. The van der Waals surface area contributed by atoms with Crippen LogP contribution in [0.5, 0.6) is 0 Å². The lowest BCUT2D eigenvalue weighted by molar-refractivity contribution is 0.199. The second-order valence-electron chi connectivity index (χ2n) is 5.73. The lowest BCUT2D eigenvalue weighted by Crippen LogP contribution is -2.45. The van der Waals surface area contributed by atoms with Gasteiger partial charge in [-0.15, -0.1) is 0 Å². The van der Waals surface area contributed by atoms with E-state index in [-0.39, 0.29) is 0 Å². The molecule has 0 saturated carbocycles. The van der Waals surface area contributed by atoms with E-state index in [1.165, 1.54) is 19.4 Å². The van der Waals surface area contributed by atoms with Gasteiger partial charge in [0.15, 0.2) is 0 Å². The molecular weight excluding hydrogens is 266 g/mol. The van der Waals surface area contributed by atoms with E-state index < -0.39 is 0 Å². The fourth-order valence-electron chi connectivity index (χ4n) is 2.65. The summed E-state index contributed by atoms with van der Waals surface area (Å²) >= 11 is 0. The van der Waals surface area contributed by atoms with Crippen molar-refractivity contribution in [2.75, 3.05) is 52.3 Å². The van der Waals surface area contributed by atoms with Crippen LogP contribution in [0, 0.1) is 0 Å². The van der Waals surface area contributed by atoms with Gasteiger partial charge >= 0.3 is 0 Å². The minimum atomic E-state index is 0.509. The van der Waals surface area contributed by atoms with Crippen molar-refractivity contribution < 1.29 is 4.74 Å². The Hall–Kier alpha value is -1.24. The van der Waals surface area contributed by atoms with Crippen molar-refractivity contribution in [1.29, 1.82) is 0 Å². The number of nitrogens with zero attached hydrogens (tertiary/aromatic N) is 4. The number of likely N-dealkylation sites (N-methyl/N-ethyl adjacent to an activating group) is 2.